The summed E-state index contributed by atoms with van der Waals surface area (Å²) < 4.78 is 0. The summed E-state index contributed by atoms with van der Waals surface area (Å²) in [4.78, 5) is 0. The number of halogens is 2. The summed E-state index contributed by atoms with van der Waals surface area (Å²) in [5.74, 6) is 0.700. The Kier molecular flexibility index (Phi) is 10.2. The van der Waals surface area contributed by atoms with Gasteiger partial charge in [0.25, 0.3) is 0 Å². The summed E-state index contributed by atoms with van der Waals surface area (Å²) in [6, 6.07) is 28.3. The predicted octanol–water partition coefficient (Wildman–Crippen LogP) is 0.816. The van der Waals surface area contributed by atoms with Crippen LogP contribution in [0.5, 0.6) is 0 Å². The molecule has 0 N–H and O–H groups in total. The van der Waals surface area contributed by atoms with Crippen LogP contribution in [0.15, 0.2) is 84.4 Å². The van der Waals surface area contributed by atoms with Crippen molar-refractivity contribution >= 4 is 17.6 Å². The summed E-state index contributed by atoms with van der Waals surface area (Å²) in [5, 5.41) is 0. The second-order valence-corrected chi connectivity index (χ2v) is 17.3. The van der Waals surface area contributed by atoms with Gasteiger partial charge in [-0.2, -0.15) is 5.56 Å². The van der Waals surface area contributed by atoms with Crippen molar-refractivity contribution in [3.63, 3.8) is 0 Å². The summed E-state index contributed by atoms with van der Waals surface area (Å²) in [7, 11) is 0. The van der Waals surface area contributed by atoms with Crippen molar-refractivity contribution in [2.24, 2.45) is 0 Å². The maximum absolute atomic E-state index is 3.65. The molecule has 5 rings (SSSR count). The molecule has 0 nitrogen and oxygen atoms in total. The van der Waals surface area contributed by atoms with Gasteiger partial charge >= 0.3 is 41.9 Å². The first-order valence-corrected chi connectivity index (χ1v) is 16.4. The number of benzene rings is 3. The first kappa shape index (κ1) is 26.1. The van der Waals surface area contributed by atoms with Gasteiger partial charge in [0.2, 0.25) is 0 Å². The van der Waals surface area contributed by atoms with E-state index < -0.39 is 0 Å². The molecule has 3 aromatic carbocycles. The standard InChI is InChI=1S/C25H19.C2H6Si.2ClH.Zr/c1-2-8-18(9-3-1)16-21-17-20-11-5-7-13-23(20)25(21)24-15-14-19-10-4-6-12-22(19)24;1-3-2;;;/h1-14,17,24-25H,16H2;1-2H3;2*1H;/q-1;;;;+2/p-2. The number of hydrogen-bond acceptors (Lipinski definition) is 0. The fraction of sp³-hybridized carbons (Fsp3) is 0.185. The molecule has 4 heteroatoms. The van der Waals surface area contributed by atoms with Crippen molar-refractivity contribution in [3.05, 3.63) is 118 Å². The zero-order valence-electron chi connectivity index (χ0n) is 17.8. The number of hydrogen-bond donors (Lipinski definition) is 0. The molecule has 0 fully saturated rings. The van der Waals surface area contributed by atoms with Gasteiger partial charge in [-0.15, -0.1) is 11.6 Å². The van der Waals surface area contributed by atoms with E-state index in [4.69, 9.17) is 0 Å². The fourth-order valence-electron chi connectivity index (χ4n) is 4.27. The Labute approximate surface area is 214 Å². The van der Waals surface area contributed by atoms with Crippen LogP contribution in [0.1, 0.15) is 39.7 Å². The second kappa shape index (κ2) is 12.2. The van der Waals surface area contributed by atoms with Crippen molar-refractivity contribution in [2.45, 2.75) is 31.4 Å². The van der Waals surface area contributed by atoms with E-state index in [1.54, 1.807) is 23.3 Å². The maximum Gasteiger partial charge on any atom is -0.00116 e. The Morgan fingerprint density at radius 3 is 2.00 bits per heavy atom. The van der Waals surface area contributed by atoms with Crippen LogP contribution >= 0.6 is 0 Å². The van der Waals surface area contributed by atoms with Gasteiger partial charge in [0.1, 0.15) is 0 Å². The van der Waals surface area contributed by atoms with Crippen LogP contribution in [0, 0.1) is 6.08 Å². The molecule has 0 aliphatic heterocycles. The van der Waals surface area contributed by atoms with Gasteiger partial charge in [0, 0.05) is 0 Å². The molecule has 3 aromatic rings. The fourth-order valence-corrected chi connectivity index (χ4v) is 4.27. The minimum absolute atomic E-state index is 0. The Bertz CT molecular complexity index is 1090. The molecule has 0 bridgehead atoms. The molecule has 0 heterocycles. The smallest absolute Gasteiger partial charge is 0.00116 e. The normalized spacial score (nSPS) is 17.2. The van der Waals surface area contributed by atoms with Crippen molar-refractivity contribution in [1.29, 1.82) is 0 Å². The van der Waals surface area contributed by atoms with E-state index in [0.717, 1.165) is 6.42 Å². The molecule has 2 aliphatic rings. The molecule has 2 aliphatic carbocycles. The van der Waals surface area contributed by atoms with E-state index in [9.17, 15) is 0 Å². The third-order valence-corrected chi connectivity index (χ3v) is 5.41. The number of allylic oxidation sites excluding steroid dienone is 2. The molecule has 31 heavy (non-hydrogen) atoms. The van der Waals surface area contributed by atoms with Crippen molar-refractivity contribution in [1.82, 2.24) is 0 Å². The van der Waals surface area contributed by atoms with Crippen LogP contribution in [-0.2, 0) is 29.8 Å². The number of fused-ring (bicyclic) bond motifs is 2. The Hall–Kier alpha value is -1.18. The third kappa shape index (κ3) is 6.20. The molecule has 0 saturated carbocycles. The van der Waals surface area contributed by atoms with Gasteiger partial charge in [-0.05, 0) is 29.0 Å². The van der Waals surface area contributed by atoms with Crippen LogP contribution in [0.2, 0.25) is 13.1 Å². The Morgan fingerprint density at radius 2 is 1.32 bits per heavy atom. The van der Waals surface area contributed by atoms with E-state index >= 15 is 0 Å². The minimum Gasteiger partial charge on any atom is -1.00 e. The van der Waals surface area contributed by atoms with Gasteiger partial charge in [-0.1, -0.05) is 90.4 Å². The molecule has 0 amide bonds. The summed E-state index contributed by atoms with van der Waals surface area (Å²) in [6.45, 7) is 4.62. The minimum atomic E-state index is 0. The number of rotatable bonds is 3. The zero-order chi connectivity index (χ0) is 20.2. The summed E-state index contributed by atoms with van der Waals surface area (Å²) >= 11 is 1.74. The van der Waals surface area contributed by atoms with Crippen LogP contribution in [0.25, 0.3) is 12.2 Å². The van der Waals surface area contributed by atoms with E-state index in [1.165, 1.54) is 33.4 Å². The Morgan fingerprint density at radius 1 is 0.774 bits per heavy atom. The van der Waals surface area contributed by atoms with E-state index in [-0.39, 0.29) is 30.2 Å². The van der Waals surface area contributed by atoms with Crippen LogP contribution in [0.4, 0.5) is 0 Å². The van der Waals surface area contributed by atoms with Crippen LogP contribution < -0.4 is 24.8 Å². The largest absolute Gasteiger partial charge is 1.00 e. The first-order chi connectivity index (χ1) is 14.1. The molecular formula is C27H25Cl2SiZr-. The average molecular weight is 540 g/mol. The van der Waals surface area contributed by atoms with Gasteiger partial charge in [-0.25, -0.2) is 6.08 Å². The monoisotopic (exact) mass is 537 g/mol. The Balaban J connectivity index is 0.000000527. The summed E-state index contributed by atoms with van der Waals surface area (Å²) in [5.41, 5.74) is 8.61. The van der Waals surface area contributed by atoms with Crippen molar-refractivity contribution < 1.29 is 48.1 Å². The summed E-state index contributed by atoms with van der Waals surface area (Å²) in [6.07, 6.45) is 9.22. The van der Waals surface area contributed by atoms with Gasteiger partial charge in [0.15, 0.2) is 0 Å². The first-order valence-electron chi connectivity index (χ1n) is 10.2. The molecule has 0 aromatic heterocycles. The van der Waals surface area contributed by atoms with Crippen molar-refractivity contribution in [2.75, 3.05) is 0 Å². The zero-order valence-corrected chi connectivity index (χ0v) is 22.7. The molecular weight excluding hydrogens is 515 g/mol. The quantitative estimate of drug-likeness (QED) is 0.342. The van der Waals surface area contributed by atoms with E-state index in [2.05, 4.69) is 110 Å². The van der Waals surface area contributed by atoms with Crippen LogP contribution in [0.3, 0.4) is 0 Å². The topological polar surface area (TPSA) is 0 Å². The average Bonchev–Trinajstić information content (AvgIpc) is 3.29. The van der Waals surface area contributed by atoms with Crippen LogP contribution in [-0.4, -0.2) is 5.43 Å². The van der Waals surface area contributed by atoms with Gasteiger partial charge in [0.05, 0.1) is 0 Å². The molecule has 0 radical (unpaired) electrons. The van der Waals surface area contributed by atoms with E-state index in [0.29, 0.717) is 11.8 Å². The van der Waals surface area contributed by atoms with Crippen molar-refractivity contribution in [3.8, 4) is 0 Å². The van der Waals surface area contributed by atoms with Gasteiger partial charge in [-0.3, -0.25) is 6.08 Å². The predicted molar refractivity (Wildman–Crippen MR) is 122 cm³/mol. The molecule has 156 valence electrons. The molecule has 2 unspecified atom stereocenters. The van der Waals surface area contributed by atoms with Gasteiger partial charge < -0.3 is 24.8 Å². The SMILES string of the molecule is C[Si](C)=[Zr+2].[C-]1=Cc2ccccc2C1C1C(Cc2ccccc2)=Cc2ccccc21.[Cl-].[Cl-]. The molecule has 0 spiro atoms. The second-order valence-electron chi connectivity index (χ2n) is 7.91. The molecule has 0 saturated heterocycles. The third-order valence-electron chi connectivity index (χ3n) is 5.41. The maximum atomic E-state index is 3.65. The molecule has 2 atom stereocenters. The van der Waals surface area contributed by atoms with E-state index in [1.807, 2.05) is 0 Å².